The molecule has 0 aliphatic heterocycles. The zero-order valence-corrected chi connectivity index (χ0v) is 55.6. The van der Waals surface area contributed by atoms with Crippen molar-refractivity contribution in [3.05, 3.63) is 115 Å². The minimum absolute atomic E-state index is 0.224. The topological polar surface area (TPSA) is 66.5 Å². The lowest BCUT2D eigenvalue weighted by Crippen LogP contribution is -2.07. The monoisotopic (exact) mass is 1260 g/mol. The SMILES string of the molecule is CCCCCCCCCCCCOc1cc(/C=C/c2cc(/C=C/c3ccc(N(C)C)cc3)cc(/C=C/c3cc(I)cc(CP(=O)(OCC)OCC)c3)c2)cc(OCCCCCCCCCCCC)c1OCCCCCCCCCCCC. The minimum atomic E-state index is -3.27. The summed E-state index contributed by atoms with van der Waals surface area (Å²) in [5, 5.41) is 0. The van der Waals surface area contributed by atoms with E-state index in [1.54, 1.807) is 0 Å². The van der Waals surface area contributed by atoms with E-state index in [0.717, 1.165) is 79.0 Å². The molecule has 0 amide bonds. The summed E-state index contributed by atoms with van der Waals surface area (Å²) < 4.78 is 46.3. The largest absolute Gasteiger partial charge is 0.490 e. The quantitative estimate of drug-likeness (QED) is 0.0189. The molecule has 82 heavy (non-hydrogen) atoms. The van der Waals surface area contributed by atoms with Gasteiger partial charge in [-0.1, -0.05) is 249 Å². The van der Waals surface area contributed by atoms with Crippen LogP contribution in [0.25, 0.3) is 36.5 Å². The number of benzene rings is 4. The van der Waals surface area contributed by atoms with Gasteiger partial charge in [-0.15, -0.1) is 0 Å². The molecule has 0 heterocycles. The fraction of sp³-hybridized carbons (Fsp3) is 0.589. The molecule has 0 aliphatic rings. The lowest BCUT2D eigenvalue weighted by molar-refractivity contribution is 0.219. The Kier molecular flexibility index (Phi) is 38.5. The van der Waals surface area contributed by atoms with Gasteiger partial charge in [-0.3, -0.25) is 4.57 Å². The van der Waals surface area contributed by atoms with Gasteiger partial charge in [0.25, 0.3) is 0 Å². The van der Waals surface area contributed by atoms with Crippen molar-refractivity contribution in [2.75, 3.05) is 52.0 Å². The molecular formula is C73H111INO6P. The lowest BCUT2D eigenvalue weighted by atomic mass is 10.0. The number of rotatable bonds is 49. The highest BCUT2D eigenvalue weighted by atomic mass is 127. The number of ether oxygens (including phenoxy) is 3. The molecule has 0 N–H and O–H groups in total. The van der Waals surface area contributed by atoms with E-state index in [4.69, 9.17) is 23.3 Å². The summed E-state index contributed by atoms with van der Waals surface area (Å²) >= 11 is 2.34. The van der Waals surface area contributed by atoms with Gasteiger partial charge in [0.1, 0.15) is 0 Å². The highest BCUT2D eigenvalue weighted by Crippen LogP contribution is 2.51. The van der Waals surface area contributed by atoms with Crippen molar-refractivity contribution in [1.29, 1.82) is 0 Å². The molecule has 0 aromatic heterocycles. The van der Waals surface area contributed by atoms with Gasteiger partial charge in [-0.05, 0) is 149 Å². The second-order valence-electron chi connectivity index (χ2n) is 22.9. The average molecular weight is 1260 g/mol. The Morgan fingerprint density at radius 3 is 1.09 bits per heavy atom. The Morgan fingerprint density at radius 2 is 0.720 bits per heavy atom. The minimum Gasteiger partial charge on any atom is -0.490 e. The molecule has 9 heteroatoms. The Labute approximate surface area is 514 Å². The molecular weight excluding hydrogens is 1140 g/mol. The maximum Gasteiger partial charge on any atom is 0.335 e. The standard InChI is InChI=1S/C73H111INO6P/c1-8-13-16-19-22-25-28-31-34-37-50-77-71-59-67(60-72(78-51-38-35-32-29-26-23-20-17-14-9-2)73(71)79-52-39-36-33-30-27-24-21-18-15-10-3)45-43-65-54-63(41-40-62-46-48-70(49-47-62)75(6)7)53-64(55-65)42-44-66-56-68(58-69(74)57-66)61-82(76,80-11-4)81-12-5/h40-49,53-60H,8-39,50-52,61H2,1-7H3/b41-40+,44-42+,45-43+. The Morgan fingerprint density at radius 1 is 0.390 bits per heavy atom. The fourth-order valence-corrected chi connectivity index (χ4v) is 12.9. The van der Waals surface area contributed by atoms with Crippen molar-refractivity contribution >= 4 is 72.3 Å². The fourth-order valence-electron chi connectivity index (χ4n) is 10.4. The molecule has 0 fully saturated rings. The van der Waals surface area contributed by atoms with Crippen LogP contribution in [0, 0.1) is 3.57 Å². The van der Waals surface area contributed by atoms with Crippen LogP contribution in [0.1, 0.15) is 266 Å². The number of unbranched alkanes of at least 4 members (excludes halogenated alkanes) is 27. The molecule has 7 nitrogen and oxygen atoms in total. The van der Waals surface area contributed by atoms with Crippen LogP contribution >= 0.6 is 30.2 Å². The first kappa shape index (κ1) is 70.7. The van der Waals surface area contributed by atoms with Gasteiger partial charge >= 0.3 is 7.60 Å². The van der Waals surface area contributed by atoms with E-state index in [0.29, 0.717) is 33.0 Å². The van der Waals surface area contributed by atoms with Crippen molar-refractivity contribution in [2.45, 2.75) is 233 Å². The first-order chi connectivity index (χ1) is 40.1. The van der Waals surface area contributed by atoms with Crippen molar-refractivity contribution in [2.24, 2.45) is 0 Å². The van der Waals surface area contributed by atoms with Gasteiger partial charge in [0.2, 0.25) is 5.75 Å². The van der Waals surface area contributed by atoms with E-state index in [2.05, 4.69) is 172 Å². The van der Waals surface area contributed by atoms with E-state index in [1.165, 1.54) is 179 Å². The van der Waals surface area contributed by atoms with Crippen molar-refractivity contribution in [1.82, 2.24) is 0 Å². The van der Waals surface area contributed by atoms with E-state index in [9.17, 15) is 4.57 Å². The second kappa shape index (κ2) is 44.6. The summed E-state index contributed by atoms with van der Waals surface area (Å²) in [5.74, 6) is 2.31. The molecule has 4 aromatic rings. The van der Waals surface area contributed by atoms with Crippen LogP contribution in [-0.2, 0) is 19.8 Å². The second-order valence-corrected chi connectivity index (χ2v) is 26.2. The van der Waals surface area contributed by atoms with Crippen LogP contribution in [0.15, 0.2) is 72.8 Å². The third kappa shape index (κ3) is 31.4. The zero-order valence-electron chi connectivity index (χ0n) is 52.6. The molecule has 0 aliphatic carbocycles. The van der Waals surface area contributed by atoms with Crippen molar-refractivity contribution in [3.8, 4) is 17.2 Å². The zero-order chi connectivity index (χ0) is 58.7. The predicted molar refractivity (Wildman–Crippen MR) is 366 cm³/mol. The van der Waals surface area contributed by atoms with Crippen molar-refractivity contribution < 1.29 is 27.8 Å². The molecule has 0 bridgehead atoms. The molecule has 4 aromatic carbocycles. The van der Waals surface area contributed by atoms with E-state index >= 15 is 0 Å². The van der Waals surface area contributed by atoms with Gasteiger partial charge in [-0.2, -0.15) is 0 Å². The van der Waals surface area contributed by atoms with Crippen LogP contribution in [0.3, 0.4) is 0 Å². The highest BCUT2D eigenvalue weighted by molar-refractivity contribution is 14.1. The van der Waals surface area contributed by atoms with Gasteiger partial charge in [-0.25, -0.2) is 0 Å². The van der Waals surface area contributed by atoms with Gasteiger partial charge < -0.3 is 28.2 Å². The van der Waals surface area contributed by atoms with Crippen LogP contribution in [-0.4, -0.2) is 47.1 Å². The van der Waals surface area contributed by atoms with E-state index < -0.39 is 7.60 Å². The van der Waals surface area contributed by atoms with Gasteiger partial charge in [0.15, 0.2) is 11.5 Å². The molecule has 0 atom stereocenters. The smallest absolute Gasteiger partial charge is 0.335 e. The van der Waals surface area contributed by atoms with Gasteiger partial charge in [0.05, 0.1) is 39.2 Å². The number of hydrogen-bond acceptors (Lipinski definition) is 7. The van der Waals surface area contributed by atoms with Crippen LogP contribution < -0.4 is 19.1 Å². The summed E-state index contributed by atoms with van der Waals surface area (Å²) in [6.45, 7) is 13.2. The van der Waals surface area contributed by atoms with Crippen LogP contribution in [0.2, 0.25) is 0 Å². The van der Waals surface area contributed by atoms with E-state index in [1.807, 2.05) is 13.8 Å². The maximum atomic E-state index is 13.6. The Balaban J connectivity index is 1.66. The maximum absolute atomic E-state index is 13.6. The summed E-state index contributed by atoms with van der Waals surface area (Å²) in [6.07, 6.45) is 51.8. The molecule has 4 rings (SSSR count). The summed E-state index contributed by atoms with van der Waals surface area (Å²) in [4.78, 5) is 2.12. The summed E-state index contributed by atoms with van der Waals surface area (Å²) in [5.41, 5.74) is 8.50. The molecule has 0 saturated carbocycles. The third-order valence-corrected chi connectivity index (χ3v) is 17.8. The van der Waals surface area contributed by atoms with E-state index in [-0.39, 0.29) is 6.16 Å². The molecule has 456 valence electrons. The number of nitrogens with zero attached hydrogens (tertiary/aromatic N) is 1. The van der Waals surface area contributed by atoms with Crippen LogP contribution in [0.5, 0.6) is 17.2 Å². The normalized spacial score (nSPS) is 12.0. The molecule has 0 spiro atoms. The first-order valence-corrected chi connectivity index (χ1v) is 35.6. The highest BCUT2D eigenvalue weighted by Gasteiger charge is 2.24. The summed E-state index contributed by atoms with van der Waals surface area (Å²) in [6, 6.07) is 26.0. The average Bonchev–Trinajstić information content (AvgIpc) is 3.52. The van der Waals surface area contributed by atoms with Crippen LogP contribution in [0.4, 0.5) is 5.69 Å². The number of halogens is 1. The summed E-state index contributed by atoms with van der Waals surface area (Å²) in [7, 11) is 0.866. The molecule has 0 saturated heterocycles. The first-order valence-electron chi connectivity index (χ1n) is 32.8. The third-order valence-electron chi connectivity index (χ3n) is 15.1. The Hall–Kier alpha value is -3.82. The predicted octanol–water partition coefficient (Wildman–Crippen LogP) is 23.5. The molecule has 0 radical (unpaired) electrons. The Bertz CT molecular complexity index is 2370. The lowest BCUT2D eigenvalue weighted by Gasteiger charge is -2.18. The molecule has 0 unspecified atom stereocenters. The van der Waals surface area contributed by atoms with Gasteiger partial charge in [0, 0.05) is 23.4 Å². The number of anilines is 1. The van der Waals surface area contributed by atoms with Crippen molar-refractivity contribution in [3.63, 3.8) is 0 Å². The number of hydrogen-bond donors (Lipinski definition) is 0.